The zero-order chi connectivity index (χ0) is 14.6. The first-order valence-corrected chi connectivity index (χ1v) is 12.2. The zero-order valence-electron chi connectivity index (χ0n) is 14.4. The van der Waals surface area contributed by atoms with Crippen molar-refractivity contribution in [2.45, 2.75) is 97.7 Å². The minimum atomic E-state index is -1.09. The molecular weight excluding hydrogens is 246 g/mol. The molecule has 0 atom stereocenters. The average molecular weight is 286 g/mol. The van der Waals surface area contributed by atoms with E-state index in [1.165, 1.54) is 77.3 Å². The predicted octanol–water partition coefficient (Wildman–Crippen LogP) is 6.06. The monoisotopic (exact) mass is 285 g/mol. The zero-order valence-corrected chi connectivity index (χ0v) is 15.4. The second-order valence-corrected chi connectivity index (χ2v) is 12.0. The fourth-order valence-electron chi connectivity index (χ4n) is 2.60. The van der Waals surface area contributed by atoms with E-state index in [0.29, 0.717) is 0 Å². The van der Waals surface area contributed by atoms with Crippen LogP contribution in [0, 0.1) is 0 Å². The van der Waals surface area contributed by atoms with Crippen molar-refractivity contribution < 1.29 is 0 Å². The Hall–Kier alpha value is 0.177. The summed E-state index contributed by atoms with van der Waals surface area (Å²) in [6, 6.07) is 0. The Labute approximate surface area is 124 Å². The highest BCUT2D eigenvalue weighted by Crippen LogP contribution is 2.14. The van der Waals surface area contributed by atoms with Gasteiger partial charge in [-0.05, 0) is 25.9 Å². The second-order valence-electron chi connectivity index (χ2n) is 6.99. The summed E-state index contributed by atoms with van der Waals surface area (Å²) < 4.78 is 2.84. The van der Waals surface area contributed by atoms with Crippen molar-refractivity contribution in [1.82, 2.24) is 4.57 Å². The molecule has 2 heteroatoms. The van der Waals surface area contributed by atoms with Crippen LogP contribution in [0.4, 0.5) is 0 Å². The first-order chi connectivity index (χ1) is 9.02. The van der Waals surface area contributed by atoms with Gasteiger partial charge in [0.2, 0.25) is 0 Å². The van der Waals surface area contributed by atoms with Crippen LogP contribution in [-0.2, 0) is 0 Å². The third-order valence-corrected chi connectivity index (χ3v) is 6.36. The molecule has 0 aliphatic heterocycles. The van der Waals surface area contributed by atoms with Gasteiger partial charge in [-0.2, -0.15) is 0 Å². The molecule has 0 spiro atoms. The van der Waals surface area contributed by atoms with Crippen molar-refractivity contribution in [3.05, 3.63) is 0 Å². The summed E-state index contributed by atoms with van der Waals surface area (Å²) in [4.78, 5) is 0. The normalized spacial score (nSPS) is 12.3. The number of rotatable bonds is 13. The number of unbranched alkanes of at least 4 members (excludes halogenated alkanes) is 8. The molecule has 0 fully saturated rings. The Morgan fingerprint density at radius 1 is 0.579 bits per heavy atom. The lowest BCUT2D eigenvalue weighted by atomic mass is 10.1. The molecule has 0 aliphatic rings. The first-order valence-electron chi connectivity index (χ1n) is 8.77. The van der Waals surface area contributed by atoms with E-state index < -0.39 is 8.24 Å². The maximum atomic E-state index is 2.84. The van der Waals surface area contributed by atoms with Gasteiger partial charge in [-0.1, -0.05) is 84.9 Å². The maximum absolute atomic E-state index is 2.84. The summed E-state index contributed by atoms with van der Waals surface area (Å²) in [6.07, 6.45) is 14.1. The van der Waals surface area contributed by atoms with Crippen molar-refractivity contribution in [2.75, 3.05) is 13.1 Å². The van der Waals surface area contributed by atoms with E-state index >= 15 is 0 Å². The molecular formula is C17H39NSi. The Balaban J connectivity index is 3.75. The number of hydrogen-bond donors (Lipinski definition) is 0. The lowest BCUT2D eigenvalue weighted by Crippen LogP contribution is -2.47. The number of nitrogens with zero attached hydrogens (tertiary/aromatic N) is 1. The van der Waals surface area contributed by atoms with Gasteiger partial charge in [-0.25, -0.2) is 0 Å². The molecule has 0 aromatic carbocycles. The highest BCUT2D eigenvalue weighted by atomic mass is 28.3. The van der Waals surface area contributed by atoms with Crippen LogP contribution in [0.1, 0.15) is 78.1 Å². The van der Waals surface area contributed by atoms with Crippen molar-refractivity contribution in [1.29, 1.82) is 0 Å². The molecule has 0 aromatic heterocycles. The molecule has 0 amide bonds. The summed E-state index contributed by atoms with van der Waals surface area (Å²) in [5, 5.41) is 0. The number of hydrogen-bond acceptors (Lipinski definition) is 1. The minimum absolute atomic E-state index is 1.09. The summed E-state index contributed by atoms with van der Waals surface area (Å²) in [6.45, 7) is 14.8. The quantitative estimate of drug-likeness (QED) is 0.293. The Morgan fingerprint density at radius 3 is 1.37 bits per heavy atom. The largest absolute Gasteiger partial charge is 0.324 e. The van der Waals surface area contributed by atoms with Crippen LogP contribution in [0.3, 0.4) is 0 Å². The van der Waals surface area contributed by atoms with Gasteiger partial charge in [-0.15, -0.1) is 0 Å². The first kappa shape index (κ1) is 19.2. The topological polar surface area (TPSA) is 3.24 Å². The SMILES string of the molecule is CCCCCCCCN(CCCCCC)[Si](C)(C)C. The molecule has 0 radical (unpaired) electrons. The van der Waals surface area contributed by atoms with Gasteiger partial charge in [-0.3, -0.25) is 0 Å². The van der Waals surface area contributed by atoms with Crippen molar-refractivity contribution in [2.24, 2.45) is 0 Å². The lowest BCUT2D eigenvalue weighted by molar-refractivity contribution is 0.389. The van der Waals surface area contributed by atoms with Gasteiger partial charge in [0.15, 0.2) is 0 Å². The van der Waals surface area contributed by atoms with Crippen LogP contribution in [0.25, 0.3) is 0 Å². The molecule has 0 heterocycles. The molecule has 0 aliphatic carbocycles. The van der Waals surface area contributed by atoms with E-state index in [9.17, 15) is 0 Å². The fourth-order valence-corrected chi connectivity index (χ4v) is 4.25. The van der Waals surface area contributed by atoms with Gasteiger partial charge in [0.05, 0.1) is 0 Å². The molecule has 0 bridgehead atoms. The smallest absolute Gasteiger partial charge is 0.119 e. The Morgan fingerprint density at radius 2 is 0.947 bits per heavy atom. The third-order valence-electron chi connectivity index (χ3n) is 4.01. The Bertz CT molecular complexity index is 186. The third kappa shape index (κ3) is 11.7. The van der Waals surface area contributed by atoms with E-state index in [4.69, 9.17) is 0 Å². The maximum Gasteiger partial charge on any atom is 0.119 e. The van der Waals surface area contributed by atoms with E-state index in [1.54, 1.807) is 0 Å². The van der Waals surface area contributed by atoms with Gasteiger partial charge in [0, 0.05) is 0 Å². The molecule has 0 aromatic rings. The summed E-state index contributed by atoms with van der Waals surface area (Å²) in [5.41, 5.74) is 0. The standard InChI is InChI=1S/C17H39NSi/c1-6-8-10-12-13-15-17-18(19(3,4)5)16-14-11-9-7-2/h6-17H2,1-5H3. The van der Waals surface area contributed by atoms with Gasteiger partial charge in [0.1, 0.15) is 8.24 Å². The van der Waals surface area contributed by atoms with Gasteiger partial charge in [0.25, 0.3) is 0 Å². The predicted molar refractivity (Wildman–Crippen MR) is 92.4 cm³/mol. The minimum Gasteiger partial charge on any atom is -0.324 e. The summed E-state index contributed by atoms with van der Waals surface area (Å²) in [5.74, 6) is 0. The van der Waals surface area contributed by atoms with Crippen LogP contribution < -0.4 is 0 Å². The van der Waals surface area contributed by atoms with Gasteiger partial charge >= 0.3 is 0 Å². The van der Waals surface area contributed by atoms with Crippen LogP contribution in [0.2, 0.25) is 19.6 Å². The highest BCUT2D eigenvalue weighted by Gasteiger charge is 2.22. The van der Waals surface area contributed by atoms with Crippen LogP contribution in [-0.4, -0.2) is 25.9 Å². The fraction of sp³-hybridized carbons (Fsp3) is 1.00. The van der Waals surface area contributed by atoms with Crippen molar-refractivity contribution in [3.8, 4) is 0 Å². The molecule has 1 nitrogen and oxygen atoms in total. The Kier molecular flexibility index (Phi) is 12.1. The molecule has 0 N–H and O–H groups in total. The van der Waals surface area contributed by atoms with Gasteiger partial charge < -0.3 is 4.57 Å². The molecule has 19 heavy (non-hydrogen) atoms. The molecule has 116 valence electrons. The average Bonchev–Trinajstić information content (AvgIpc) is 2.34. The van der Waals surface area contributed by atoms with Crippen LogP contribution in [0.5, 0.6) is 0 Å². The molecule has 0 saturated heterocycles. The highest BCUT2D eigenvalue weighted by molar-refractivity contribution is 6.73. The molecule has 0 unspecified atom stereocenters. The van der Waals surface area contributed by atoms with E-state index in [0.717, 1.165) is 0 Å². The lowest BCUT2D eigenvalue weighted by Gasteiger charge is -2.34. The van der Waals surface area contributed by atoms with Crippen LogP contribution >= 0.6 is 0 Å². The molecule has 0 rings (SSSR count). The summed E-state index contributed by atoms with van der Waals surface area (Å²) >= 11 is 0. The van der Waals surface area contributed by atoms with E-state index in [-0.39, 0.29) is 0 Å². The van der Waals surface area contributed by atoms with Crippen LogP contribution in [0.15, 0.2) is 0 Å². The summed E-state index contributed by atoms with van der Waals surface area (Å²) in [7, 11) is -1.09. The van der Waals surface area contributed by atoms with E-state index in [2.05, 4.69) is 38.1 Å². The second kappa shape index (κ2) is 12.0. The molecule has 0 saturated carbocycles. The van der Waals surface area contributed by atoms with Crippen molar-refractivity contribution >= 4 is 8.24 Å². The van der Waals surface area contributed by atoms with E-state index in [1.807, 2.05) is 0 Å². The van der Waals surface area contributed by atoms with Crippen molar-refractivity contribution in [3.63, 3.8) is 0 Å².